The Hall–Kier alpha value is -2.25. The van der Waals surface area contributed by atoms with E-state index in [1.54, 1.807) is 39.2 Å². The molecule has 0 radical (unpaired) electrons. The van der Waals surface area contributed by atoms with Gasteiger partial charge in [0.25, 0.3) is 0 Å². The van der Waals surface area contributed by atoms with Crippen molar-refractivity contribution in [2.24, 2.45) is 0 Å². The Morgan fingerprint density at radius 1 is 1.19 bits per heavy atom. The summed E-state index contributed by atoms with van der Waals surface area (Å²) in [7, 11) is 1.58. The van der Waals surface area contributed by atoms with Gasteiger partial charge in [-0.05, 0) is 38.5 Å². The molecule has 0 aliphatic carbocycles. The zero-order chi connectivity index (χ0) is 19.1. The largest absolute Gasteiger partial charge is 0.460 e. The van der Waals surface area contributed by atoms with Crippen molar-refractivity contribution < 1.29 is 28.2 Å². The van der Waals surface area contributed by atoms with E-state index in [1.165, 1.54) is 4.90 Å². The van der Waals surface area contributed by atoms with E-state index in [9.17, 15) is 9.59 Å². The summed E-state index contributed by atoms with van der Waals surface area (Å²) in [6, 6.07) is 4.93. The summed E-state index contributed by atoms with van der Waals surface area (Å²) in [6.07, 6.45) is -0.0398. The molecule has 26 heavy (non-hydrogen) atoms. The van der Waals surface area contributed by atoms with Crippen molar-refractivity contribution in [2.45, 2.75) is 20.3 Å². The molecule has 0 bridgehead atoms. The van der Waals surface area contributed by atoms with E-state index >= 15 is 0 Å². The molecule has 0 aliphatic rings. The van der Waals surface area contributed by atoms with Crippen molar-refractivity contribution in [2.75, 3.05) is 38.4 Å². The molecule has 1 amide bonds. The van der Waals surface area contributed by atoms with Gasteiger partial charge in [-0.1, -0.05) is 11.6 Å². The molecule has 1 heterocycles. The SMILES string of the molecule is CCOC(=O)c1oc2ccc(Cl)cc2c1N(CCCOC)C(=O)OCC. The molecule has 2 aromatic rings. The van der Waals surface area contributed by atoms with Gasteiger partial charge in [0.05, 0.1) is 13.2 Å². The smallest absolute Gasteiger partial charge is 0.414 e. The summed E-state index contributed by atoms with van der Waals surface area (Å²) in [5.74, 6) is -0.717. The highest BCUT2D eigenvalue weighted by molar-refractivity contribution is 6.31. The Morgan fingerprint density at radius 2 is 1.92 bits per heavy atom. The lowest BCUT2D eigenvalue weighted by atomic mass is 10.2. The van der Waals surface area contributed by atoms with Crippen LogP contribution < -0.4 is 4.90 Å². The van der Waals surface area contributed by atoms with E-state index in [-0.39, 0.29) is 31.2 Å². The van der Waals surface area contributed by atoms with Gasteiger partial charge in [0.15, 0.2) is 0 Å². The Balaban J connectivity index is 2.58. The van der Waals surface area contributed by atoms with Gasteiger partial charge in [0, 0.05) is 30.7 Å². The maximum Gasteiger partial charge on any atom is 0.414 e. The van der Waals surface area contributed by atoms with Crippen LogP contribution in [-0.4, -0.2) is 45.5 Å². The quantitative estimate of drug-likeness (QED) is 0.500. The molecule has 8 heteroatoms. The Labute approximate surface area is 156 Å². The third-order valence-corrected chi connectivity index (χ3v) is 3.81. The van der Waals surface area contributed by atoms with Crippen LogP contribution in [0.1, 0.15) is 30.8 Å². The molecular formula is C18H22ClNO6. The summed E-state index contributed by atoms with van der Waals surface area (Å²) >= 11 is 6.10. The van der Waals surface area contributed by atoms with Crippen LogP contribution in [-0.2, 0) is 14.2 Å². The number of rotatable bonds is 8. The van der Waals surface area contributed by atoms with Crippen molar-refractivity contribution in [3.63, 3.8) is 0 Å². The van der Waals surface area contributed by atoms with E-state index in [4.69, 9.17) is 30.2 Å². The molecule has 0 unspecified atom stereocenters. The summed E-state index contributed by atoms with van der Waals surface area (Å²) in [4.78, 5) is 26.3. The molecule has 0 spiro atoms. The number of anilines is 1. The summed E-state index contributed by atoms with van der Waals surface area (Å²) in [5, 5.41) is 0.988. The number of benzene rings is 1. The second kappa shape index (κ2) is 9.45. The van der Waals surface area contributed by atoms with Crippen LogP contribution >= 0.6 is 11.6 Å². The van der Waals surface area contributed by atoms with Crippen molar-refractivity contribution in [1.29, 1.82) is 0 Å². The number of nitrogens with zero attached hydrogens (tertiary/aromatic N) is 1. The van der Waals surface area contributed by atoms with E-state index in [1.807, 2.05) is 0 Å². The fraction of sp³-hybridized carbons (Fsp3) is 0.444. The monoisotopic (exact) mass is 383 g/mol. The van der Waals surface area contributed by atoms with Crippen LogP contribution in [0.3, 0.4) is 0 Å². The van der Waals surface area contributed by atoms with Crippen LogP contribution in [0.4, 0.5) is 10.5 Å². The molecule has 1 aromatic carbocycles. The lowest BCUT2D eigenvalue weighted by Gasteiger charge is -2.21. The van der Waals surface area contributed by atoms with Gasteiger partial charge in [-0.3, -0.25) is 4.90 Å². The number of esters is 1. The van der Waals surface area contributed by atoms with Crippen LogP contribution in [0.2, 0.25) is 5.02 Å². The van der Waals surface area contributed by atoms with Gasteiger partial charge >= 0.3 is 12.1 Å². The Kier molecular flexibility index (Phi) is 7.29. The fourth-order valence-corrected chi connectivity index (χ4v) is 2.69. The number of furan rings is 1. The van der Waals surface area contributed by atoms with E-state index in [2.05, 4.69) is 0 Å². The maximum atomic E-state index is 12.5. The van der Waals surface area contributed by atoms with Gasteiger partial charge < -0.3 is 18.6 Å². The van der Waals surface area contributed by atoms with Crippen molar-refractivity contribution in [3.05, 3.63) is 29.0 Å². The minimum absolute atomic E-state index is 0.0606. The molecule has 1 aromatic heterocycles. The highest BCUT2D eigenvalue weighted by atomic mass is 35.5. The average Bonchev–Trinajstić information content (AvgIpc) is 2.97. The Bertz CT molecular complexity index is 772. The first-order valence-corrected chi connectivity index (χ1v) is 8.73. The second-order valence-corrected chi connectivity index (χ2v) is 5.77. The Morgan fingerprint density at radius 3 is 2.58 bits per heavy atom. The average molecular weight is 384 g/mol. The number of halogens is 1. The van der Waals surface area contributed by atoms with E-state index < -0.39 is 12.1 Å². The number of methoxy groups -OCH3 is 1. The molecule has 0 saturated heterocycles. The molecule has 7 nitrogen and oxygen atoms in total. The zero-order valence-corrected chi connectivity index (χ0v) is 15.8. The standard InChI is InChI=1S/C18H22ClNO6/c1-4-24-17(21)16-15(13-11-12(19)7-8-14(13)26-16)20(9-6-10-23-3)18(22)25-5-2/h7-8,11H,4-6,9-10H2,1-3H3. The van der Waals surface area contributed by atoms with Crippen LogP contribution in [0.15, 0.2) is 22.6 Å². The third kappa shape index (κ3) is 4.47. The number of ether oxygens (including phenoxy) is 3. The van der Waals surface area contributed by atoms with Gasteiger partial charge in [-0.25, -0.2) is 9.59 Å². The lowest BCUT2D eigenvalue weighted by molar-refractivity contribution is 0.0493. The summed E-state index contributed by atoms with van der Waals surface area (Å²) in [6.45, 7) is 4.51. The third-order valence-electron chi connectivity index (χ3n) is 3.57. The van der Waals surface area contributed by atoms with Gasteiger partial charge in [-0.2, -0.15) is 0 Å². The maximum absolute atomic E-state index is 12.5. The minimum Gasteiger partial charge on any atom is -0.460 e. The van der Waals surface area contributed by atoms with Crippen molar-refractivity contribution in [1.82, 2.24) is 0 Å². The molecular weight excluding hydrogens is 362 g/mol. The molecule has 0 saturated carbocycles. The van der Waals surface area contributed by atoms with Gasteiger partial charge in [0.1, 0.15) is 11.3 Å². The molecule has 0 atom stereocenters. The number of hydrogen-bond donors (Lipinski definition) is 0. The number of hydrogen-bond acceptors (Lipinski definition) is 6. The second-order valence-electron chi connectivity index (χ2n) is 5.34. The number of carbonyl (C=O) groups excluding carboxylic acids is 2. The summed E-state index contributed by atoms with van der Waals surface area (Å²) < 4.78 is 21.0. The first kappa shape index (κ1) is 20.1. The first-order chi connectivity index (χ1) is 12.5. The topological polar surface area (TPSA) is 78.2 Å². The highest BCUT2D eigenvalue weighted by Gasteiger charge is 2.30. The predicted octanol–water partition coefficient (Wildman–Crippen LogP) is 4.26. The number of fused-ring (bicyclic) bond motifs is 1. The molecule has 0 aliphatic heterocycles. The minimum atomic E-state index is -0.657. The van der Waals surface area contributed by atoms with E-state index in [0.717, 1.165) is 0 Å². The van der Waals surface area contributed by atoms with Crippen molar-refractivity contribution in [3.8, 4) is 0 Å². The summed E-state index contributed by atoms with van der Waals surface area (Å²) in [5.41, 5.74) is 0.712. The zero-order valence-electron chi connectivity index (χ0n) is 15.0. The van der Waals surface area contributed by atoms with Crippen molar-refractivity contribution >= 4 is 40.3 Å². The van der Waals surface area contributed by atoms with Crippen LogP contribution in [0.25, 0.3) is 11.0 Å². The lowest BCUT2D eigenvalue weighted by Crippen LogP contribution is -2.34. The van der Waals surface area contributed by atoms with E-state index in [0.29, 0.717) is 29.0 Å². The fourth-order valence-electron chi connectivity index (χ4n) is 2.52. The van der Waals surface area contributed by atoms with Crippen LogP contribution in [0, 0.1) is 0 Å². The van der Waals surface area contributed by atoms with Gasteiger partial charge in [-0.15, -0.1) is 0 Å². The molecule has 142 valence electrons. The van der Waals surface area contributed by atoms with Gasteiger partial charge in [0.2, 0.25) is 5.76 Å². The highest BCUT2D eigenvalue weighted by Crippen LogP contribution is 2.36. The van der Waals surface area contributed by atoms with Crippen LogP contribution in [0.5, 0.6) is 0 Å². The molecule has 2 rings (SSSR count). The normalized spacial score (nSPS) is 10.8. The predicted molar refractivity (Wildman–Crippen MR) is 98.0 cm³/mol. The molecule has 0 N–H and O–H groups in total. The number of amides is 1. The molecule has 0 fully saturated rings. The first-order valence-electron chi connectivity index (χ1n) is 8.35. The number of carbonyl (C=O) groups is 2.